The third-order valence-electron chi connectivity index (χ3n) is 5.76. The number of alkyl halides is 6. The van der Waals surface area contributed by atoms with Gasteiger partial charge in [-0.15, -0.1) is 0 Å². The molecule has 26 heavy (non-hydrogen) atoms. The van der Waals surface area contributed by atoms with Crippen LogP contribution in [-0.4, -0.2) is 36.1 Å². The summed E-state index contributed by atoms with van der Waals surface area (Å²) < 4.78 is 80.2. The van der Waals surface area contributed by atoms with E-state index in [-0.39, 0.29) is 23.7 Å². The van der Waals surface area contributed by atoms with Gasteiger partial charge in [0.05, 0.1) is 12.5 Å². The lowest BCUT2D eigenvalue weighted by atomic mass is 9.75. The van der Waals surface area contributed by atoms with E-state index in [0.717, 1.165) is 6.42 Å². The summed E-state index contributed by atoms with van der Waals surface area (Å²) in [6, 6.07) is 0. The molecule has 3 nitrogen and oxygen atoms in total. The third-order valence-corrected chi connectivity index (χ3v) is 5.76. The Morgan fingerprint density at radius 3 is 1.77 bits per heavy atom. The number of carbonyl (C=O) groups excluding carboxylic acids is 1. The molecule has 0 spiro atoms. The Morgan fingerprint density at radius 2 is 1.54 bits per heavy atom. The van der Waals surface area contributed by atoms with Crippen LogP contribution >= 0.6 is 0 Å². The van der Waals surface area contributed by atoms with Crippen LogP contribution in [0.1, 0.15) is 52.9 Å². The van der Waals surface area contributed by atoms with Gasteiger partial charge in [-0.05, 0) is 51.4 Å². The Kier molecular flexibility index (Phi) is 6.70. The maximum Gasteiger partial charge on any atom is 0.426 e. The quantitative estimate of drug-likeness (QED) is 0.550. The van der Waals surface area contributed by atoms with Crippen LogP contribution in [0.15, 0.2) is 0 Å². The normalized spacial score (nSPS) is 26.3. The zero-order valence-electron chi connectivity index (χ0n) is 15.3. The maximum absolute atomic E-state index is 12.6. The first-order valence-corrected chi connectivity index (χ1v) is 8.56. The van der Waals surface area contributed by atoms with Crippen molar-refractivity contribution >= 4 is 5.97 Å². The molecule has 0 heterocycles. The molecule has 0 saturated heterocycles. The van der Waals surface area contributed by atoms with Crippen molar-refractivity contribution < 1.29 is 41.0 Å². The molecule has 0 aromatic carbocycles. The molecular formula is C17H26F6O3. The number of esters is 1. The first-order chi connectivity index (χ1) is 11.6. The van der Waals surface area contributed by atoms with Gasteiger partial charge >= 0.3 is 18.3 Å². The van der Waals surface area contributed by atoms with E-state index in [2.05, 4.69) is 4.74 Å². The first kappa shape index (κ1) is 23.0. The number of hydrogen-bond acceptors (Lipinski definition) is 3. The maximum atomic E-state index is 12.6. The molecule has 2 rings (SSSR count). The van der Waals surface area contributed by atoms with E-state index < -0.39 is 29.8 Å². The molecule has 0 radical (unpaired) electrons. The molecule has 2 aliphatic carbocycles. The Hall–Kier alpha value is -0.990. The van der Waals surface area contributed by atoms with Crippen LogP contribution in [0.5, 0.6) is 0 Å². The molecule has 0 aliphatic heterocycles. The Balaban J connectivity index is 0.000000321. The van der Waals surface area contributed by atoms with Gasteiger partial charge in [-0.25, -0.2) is 0 Å². The predicted molar refractivity (Wildman–Crippen MR) is 82.1 cm³/mol. The standard InChI is InChI=1S/C10H12F6O.C7H14O2/c11-9(12,13)8(17,10(14,15)16)7-4-5-1-2-6(7)3-5;1-5-7(2,3)6(8)9-4/h5-7,17H,1-4H2;5H2,1-4H3. The molecule has 2 fully saturated rings. The van der Waals surface area contributed by atoms with Crippen molar-refractivity contribution in [3.8, 4) is 0 Å². The van der Waals surface area contributed by atoms with Crippen molar-refractivity contribution in [3.63, 3.8) is 0 Å². The number of aliphatic hydroxyl groups is 1. The number of fused-ring (bicyclic) bond motifs is 2. The van der Waals surface area contributed by atoms with E-state index in [1.54, 1.807) is 0 Å². The number of halogens is 6. The second-order valence-corrected chi connectivity index (χ2v) is 7.77. The summed E-state index contributed by atoms with van der Waals surface area (Å²) >= 11 is 0. The lowest BCUT2D eigenvalue weighted by molar-refractivity contribution is -0.388. The van der Waals surface area contributed by atoms with Gasteiger partial charge in [0.1, 0.15) is 0 Å². The summed E-state index contributed by atoms with van der Waals surface area (Å²) in [5.41, 5.74) is -4.85. The minimum Gasteiger partial charge on any atom is -0.469 e. The Morgan fingerprint density at radius 1 is 1.04 bits per heavy atom. The molecule has 0 amide bonds. The molecule has 154 valence electrons. The summed E-state index contributed by atoms with van der Waals surface area (Å²) in [6.45, 7) is 5.72. The smallest absolute Gasteiger partial charge is 0.426 e. The molecule has 1 N–H and O–H groups in total. The van der Waals surface area contributed by atoms with Gasteiger partial charge in [0.2, 0.25) is 0 Å². The van der Waals surface area contributed by atoms with Crippen molar-refractivity contribution in [1.29, 1.82) is 0 Å². The summed E-state index contributed by atoms with van der Waals surface area (Å²) in [7, 11) is 1.42. The van der Waals surface area contributed by atoms with E-state index in [4.69, 9.17) is 0 Å². The number of methoxy groups -OCH3 is 1. The fourth-order valence-electron chi connectivity index (χ4n) is 3.76. The van der Waals surface area contributed by atoms with Crippen LogP contribution in [0.25, 0.3) is 0 Å². The van der Waals surface area contributed by atoms with E-state index in [0.29, 0.717) is 19.3 Å². The lowest BCUT2D eigenvalue weighted by Crippen LogP contribution is -2.62. The summed E-state index contributed by atoms with van der Waals surface area (Å²) in [6.07, 6.45) is -9.30. The highest BCUT2D eigenvalue weighted by Gasteiger charge is 2.75. The minimum atomic E-state index is -5.67. The van der Waals surface area contributed by atoms with Gasteiger partial charge in [0, 0.05) is 5.92 Å². The van der Waals surface area contributed by atoms with Crippen LogP contribution in [0, 0.1) is 23.2 Å². The Bertz CT molecular complexity index is 484. The van der Waals surface area contributed by atoms with Crippen LogP contribution in [-0.2, 0) is 9.53 Å². The number of ether oxygens (including phenoxy) is 1. The van der Waals surface area contributed by atoms with Crippen molar-refractivity contribution in [2.24, 2.45) is 23.2 Å². The van der Waals surface area contributed by atoms with Crippen molar-refractivity contribution in [3.05, 3.63) is 0 Å². The van der Waals surface area contributed by atoms with E-state index in [1.165, 1.54) is 7.11 Å². The molecule has 0 aromatic rings. The SMILES string of the molecule is CCC(C)(C)C(=O)OC.OC(C1CC2CCC1C2)(C(F)(F)F)C(F)(F)F. The Labute approximate surface area is 149 Å². The van der Waals surface area contributed by atoms with Crippen LogP contribution in [0.2, 0.25) is 0 Å². The second kappa shape index (κ2) is 7.56. The van der Waals surface area contributed by atoms with Gasteiger partial charge in [-0.3, -0.25) is 4.79 Å². The van der Waals surface area contributed by atoms with E-state index in [9.17, 15) is 36.2 Å². The molecule has 2 bridgehead atoms. The second-order valence-electron chi connectivity index (χ2n) is 7.77. The van der Waals surface area contributed by atoms with Gasteiger partial charge in [-0.2, -0.15) is 26.3 Å². The zero-order chi connectivity index (χ0) is 20.6. The molecule has 3 unspecified atom stereocenters. The number of hydrogen-bond donors (Lipinski definition) is 1. The summed E-state index contributed by atoms with van der Waals surface area (Å²) in [5, 5.41) is 9.26. The summed E-state index contributed by atoms with van der Waals surface area (Å²) in [4.78, 5) is 10.8. The fraction of sp³-hybridized carbons (Fsp3) is 0.941. The van der Waals surface area contributed by atoms with Gasteiger partial charge in [0.25, 0.3) is 5.60 Å². The van der Waals surface area contributed by atoms with Crippen LogP contribution in [0.3, 0.4) is 0 Å². The van der Waals surface area contributed by atoms with Crippen molar-refractivity contribution in [1.82, 2.24) is 0 Å². The molecule has 9 heteroatoms. The van der Waals surface area contributed by atoms with Gasteiger partial charge < -0.3 is 9.84 Å². The number of rotatable bonds is 3. The fourth-order valence-corrected chi connectivity index (χ4v) is 3.76. The van der Waals surface area contributed by atoms with E-state index >= 15 is 0 Å². The zero-order valence-corrected chi connectivity index (χ0v) is 15.3. The molecule has 3 atom stereocenters. The highest BCUT2D eigenvalue weighted by molar-refractivity contribution is 5.75. The largest absolute Gasteiger partial charge is 0.469 e. The first-order valence-electron chi connectivity index (χ1n) is 8.56. The van der Waals surface area contributed by atoms with Gasteiger partial charge in [-0.1, -0.05) is 13.3 Å². The minimum absolute atomic E-state index is 0.0961. The molecule has 0 aromatic heterocycles. The van der Waals surface area contributed by atoms with Crippen LogP contribution < -0.4 is 0 Å². The van der Waals surface area contributed by atoms with Crippen LogP contribution in [0.4, 0.5) is 26.3 Å². The molecule has 2 saturated carbocycles. The highest BCUT2D eigenvalue weighted by Crippen LogP contribution is 2.59. The summed E-state index contributed by atoms with van der Waals surface area (Å²) in [5.74, 6) is -2.62. The van der Waals surface area contributed by atoms with Crippen molar-refractivity contribution in [2.45, 2.75) is 70.8 Å². The lowest BCUT2D eigenvalue weighted by Gasteiger charge is -2.40. The predicted octanol–water partition coefficient (Wildman–Crippen LogP) is 4.87. The number of carbonyl (C=O) groups is 1. The average molecular weight is 392 g/mol. The van der Waals surface area contributed by atoms with Crippen molar-refractivity contribution in [2.75, 3.05) is 7.11 Å². The van der Waals surface area contributed by atoms with E-state index in [1.807, 2.05) is 20.8 Å². The highest BCUT2D eigenvalue weighted by atomic mass is 19.4. The topological polar surface area (TPSA) is 46.5 Å². The molecular weight excluding hydrogens is 366 g/mol. The average Bonchev–Trinajstić information content (AvgIpc) is 3.14. The third kappa shape index (κ3) is 4.28. The molecule has 2 aliphatic rings. The monoisotopic (exact) mass is 392 g/mol. The van der Waals surface area contributed by atoms with Gasteiger partial charge in [0.15, 0.2) is 0 Å².